The zero-order chi connectivity index (χ0) is 12.3. The lowest BCUT2D eigenvalue weighted by molar-refractivity contribution is 0.343. The molecule has 1 aromatic carbocycles. The quantitative estimate of drug-likeness (QED) is 0.706. The van der Waals surface area contributed by atoms with Crippen LogP contribution in [0.25, 0.3) is 0 Å². The Kier molecular flexibility index (Phi) is 3.84. The van der Waals surface area contributed by atoms with Crippen molar-refractivity contribution in [1.82, 2.24) is 5.32 Å². The van der Waals surface area contributed by atoms with Gasteiger partial charge in [-0.05, 0) is 25.2 Å². The van der Waals surface area contributed by atoms with Crippen LogP contribution in [-0.2, 0) is 6.54 Å². The molecular weight excluding hydrogens is 234 g/mol. The summed E-state index contributed by atoms with van der Waals surface area (Å²) in [5.41, 5.74) is 0.751. The molecule has 0 aliphatic heterocycles. The first-order valence-electron chi connectivity index (χ1n) is 5.92. The molecule has 17 heavy (non-hydrogen) atoms. The van der Waals surface area contributed by atoms with Crippen LogP contribution in [0.2, 0.25) is 0 Å². The molecule has 0 radical (unpaired) electrons. The summed E-state index contributed by atoms with van der Waals surface area (Å²) in [4.78, 5) is 0. The third-order valence-corrected chi connectivity index (χ3v) is 4.98. The Morgan fingerprint density at radius 1 is 1.35 bits per heavy atom. The van der Waals surface area contributed by atoms with Gasteiger partial charge < -0.3 is 15.5 Å². The predicted molar refractivity (Wildman–Crippen MR) is 71.6 cm³/mol. The molecule has 0 aromatic heterocycles. The molecule has 0 spiro atoms. The van der Waals surface area contributed by atoms with E-state index in [-0.39, 0.29) is 11.5 Å². The summed E-state index contributed by atoms with van der Waals surface area (Å²) in [6.07, 6.45) is 6.02. The second kappa shape index (κ2) is 5.19. The van der Waals surface area contributed by atoms with Gasteiger partial charge in [-0.25, -0.2) is 0 Å². The minimum absolute atomic E-state index is 0.00758. The van der Waals surface area contributed by atoms with E-state index in [4.69, 9.17) is 0 Å². The van der Waals surface area contributed by atoms with Gasteiger partial charge in [0.25, 0.3) is 0 Å². The van der Waals surface area contributed by atoms with Gasteiger partial charge in [-0.15, -0.1) is 0 Å². The number of benzene rings is 1. The molecule has 1 saturated carbocycles. The fourth-order valence-corrected chi connectivity index (χ4v) is 3.11. The fourth-order valence-electron chi connectivity index (χ4n) is 2.17. The highest BCUT2D eigenvalue weighted by atomic mass is 32.2. The number of hydrogen-bond donors (Lipinski definition) is 3. The van der Waals surface area contributed by atoms with Crippen molar-refractivity contribution in [2.75, 3.05) is 12.8 Å². The second-order valence-corrected chi connectivity index (χ2v) is 5.90. The Hall–Kier alpha value is -0.870. The van der Waals surface area contributed by atoms with Crippen molar-refractivity contribution in [2.45, 2.75) is 30.6 Å². The molecule has 0 unspecified atom stereocenters. The molecule has 94 valence electrons. The number of thioether (sulfide) groups is 1. The molecule has 0 heterocycles. The third kappa shape index (κ3) is 2.69. The van der Waals surface area contributed by atoms with E-state index >= 15 is 0 Å². The number of aromatic hydroxyl groups is 2. The highest BCUT2D eigenvalue weighted by Crippen LogP contribution is 2.42. The smallest absolute Gasteiger partial charge is 0.161 e. The third-order valence-electron chi connectivity index (χ3n) is 3.56. The first kappa shape index (κ1) is 12.6. The van der Waals surface area contributed by atoms with Gasteiger partial charge in [0.15, 0.2) is 11.5 Å². The molecule has 3 N–H and O–H groups in total. The zero-order valence-corrected chi connectivity index (χ0v) is 10.9. The SMILES string of the molecule is CSC1(CNCc2cccc(O)c2O)CCC1. The van der Waals surface area contributed by atoms with Crippen LogP contribution in [0, 0.1) is 0 Å². The minimum Gasteiger partial charge on any atom is -0.504 e. The van der Waals surface area contributed by atoms with E-state index in [1.807, 2.05) is 17.8 Å². The maximum Gasteiger partial charge on any atom is 0.161 e. The summed E-state index contributed by atoms with van der Waals surface area (Å²) >= 11 is 1.93. The largest absolute Gasteiger partial charge is 0.504 e. The lowest BCUT2D eigenvalue weighted by atomic mass is 9.84. The van der Waals surface area contributed by atoms with E-state index < -0.39 is 0 Å². The first-order valence-corrected chi connectivity index (χ1v) is 7.15. The number of para-hydroxylation sites is 1. The van der Waals surface area contributed by atoms with Gasteiger partial charge in [0.05, 0.1) is 0 Å². The van der Waals surface area contributed by atoms with Gasteiger partial charge >= 0.3 is 0 Å². The van der Waals surface area contributed by atoms with Crippen LogP contribution in [0.3, 0.4) is 0 Å². The first-order chi connectivity index (χ1) is 8.17. The fraction of sp³-hybridized carbons (Fsp3) is 0.538. The van der Waals surface area contributed by atoms with E-state index in [9.17, 15) is 10.2 Å². The average molecular weight is 253 g/mol. The maximum absolute atomic E-state index is 9.66. The summed E-state index contributed by atoms with van der Waals surface area (Å²) in [6, 6.07) is 5.07. The van der Waals surface area contributed by atoms with Crippen molar-refractivity contribution in [2.24, 2.45) is 0 Å². The average Bonchev–Trinajstić information content (AvgIpc) is 2.28. The van der Waals surface area contributed by atoms with Crippen molar-refractivity contribution >= 4 is 11.8 Å². The van der Waals surface area contributed by atoms with Gasteiger partial charge in [0, 0.05) is 23.4 Å². The van der Waals surface area contributed by atoms with Crippen LogP contribution < -0.4 is 5.32 Å². The van der Waals surface area contributed by atoms with Gasteiger partial charge in [-0.3, -0.25) is 0 Å². The molecule has 0 bridgehead atoms. The molecule has 0 amide bonds. The van der Waals surface area contributed by atoms with Crippen molar-refractivity contribution in [3.63, 3.8) is 0 Å². The van der Waals surface area contributed by atoms with Gasteiger partial charge in [-0.2, -0.15) is 11.8 Å². The summed E-state index contributed by atoms with van der Waals surface area (Å²) < 4.78 is 0.395. The van der Waals surface area contributed by atoms with Gasteiger partial charge in [0.2, 0.25) is 0 Å². The normalized spacial score (nSPS) is 17.7. The van der Waals surface area contributed by atoms with Crippen LogP contribution in [0.4, 0.5) is 0 Å². The van der Waals surface area contributed by atoms with E-state index in [0.717, 1.165) is 12.1 Å². The molecule has 0 atom stereocenters. The molecule has 0 saturated heterocycles. The predicted octanol–water partition coefficient (Wildman–Crippen LogP) is 2.47. The molecular formula is C13H19NO2S. The van der Waals surface area contributed by atoms with Crippen molar-refractivity contribution in [3.8, 4) is 11.5 Å². The molecule has 2 rings (SSSR count). The summed E-state index contributed by atoms with van der Waals surface area (Å²) in [5.74, 6) is -0.0562. The van der Waals surface area contributed by atoms with Gasteiger partial charge in [-0.1, -0.05) is 18.6 Å². The molecule has 1 aliphatic carbocycles. The maximum atomic E-state index is 9.66. The topological polar surface area (TPSA) is 52.5 Å². The Morgan fingerprint density at radius 2 is 2.12 bits per heavy atom. The van der Waals surface area contributed by atoms with E-state index in [0.29, 0.717) is 11.3 Å². The number of phenolic OH excluding ortho intramolecular Hbond substituents is 2. The Bertz CT molecular complexity index is 385. The standard InChI is InChI=1S/C13H19NO2S/c1-17-13(6-3-7-13)9-14-8-10-4-2-5-11(15)12(10)16/h2,4-5,14-16H,3,6-9H2,1H3. The molecule has 3 nitrogen and oxygen atoms in total. The summed E-state index contributed by atoms with van der Waals surface area (Å²) in [6.45, 7) is 1.56. The van der Waals surface area contributed by atoms with Crippen LogP contribution in [-0.4, -0.2) is 27.8 Å². The zero-order valence-electron chi connectivity index (χ0n) is 10.1. The Labute approximate surface area is 106 Å². The lowest BCUT2D eigenvalue weighted by Gasteiger charge is -2.40. The second-order valence-electron chi connectivity index (χ2n) is 4.63. The van der Waals surface area contributed by atoms with Crippen molar-refractivity contribution < 1.29 is 10.2 Å². The van der Waals surface area contributed by atoms with Crippen LogP contribution >= 0.6 is 11.8 Å². The van der Waals surface area contributed by atoms with Crippen LogP contribution in [0.15, 0.2) is 18.2 Å². The molecule has 1 aromatic rings. The van der Waals surface area contributed by atoms with Crippen molar-refractivity contribution in [3.05, 3.63) is 23.8 Å². The number of rotatable bonds is 5. The summed E-state index contributed by atoms with van der Waals surface area (Å²) in [5, 5.41) is 22.4. The van der Waals surface area contributed by atoms with Crippen LogP contribution in [0.5, 0.6) is 11.5 Å². The Balaban J connectivity index is 1.88. The van der Waals surface area contributed by atoms with E-state index in [2.05, 4.69) is 11.6 Å². The number of phenols is 2. The lowest BCUT2D eigenvalue weighted by Crippen LogP contribution is -2.43. The monoisotopic (exact) mass is 253 g/mol. The molecule has 1 fully saturated rings. The molecule has 4 heteroatoms. The number of hydrogen-bond acceptors (Lipinski definition) is 4. The van der Waals surface area contributed by atoms with E-state index in [1.165, 1.54) is 25.3 Å². The Morgan fingerprint density at radius 3 is 2.71 bits per heavy atom. The molecule has 1 aliphatic rings. The van der Waals surface area contributed by atoms with Crippen LogP contribution in [0.1, 0.15) is 24.8 Å². The van der Waals surface area contributed by atoms with E-state index in [1.54, 1.807) is 6.07 Å². The number of nitrogens with one attached hydrogen (secondary N) is 1. The summed E-state index contributed by atoms with van der Waals surface area (Å²) in [7, 11) is 0. The highest BCUT2D eigenvalue weighted by Gasteiger charge is 2.35. The van der Waals surface area contributed by atoms with Crippen molar-refractivity contribution in [1.29, 1.82) is 0 Å². The van der Waals surface area contributed by atoms with Gasteiger partial charge in [0.1, 0.15) is 0 Å². The highest BCUT2D eigenvalue weighted by molar-refractivity contribution is 8.00. The minimum atomic E-state index is -0.0486.